The number of amides is 2. The molecule has 1 saturated carbocycles. The molecule has 2 aliphatic rings. The lowest BCUT2D eigenvalue weighted by Crippen LogP contribution is -2.65. The minimum absolute atomic E-state index is 0.129. The summed E-state index contributed by atoms with van der Waals surface area (Å²) in [7, 11) is 1.54. The van der Waals surface area contributed by atoms with Gasteiger partial charge in [0.1, 0.15) is 17.0 Å². The van der Waals surface area contributed by atoms with Crippen molar-refractivity contribution in [3.8, 4) is 5.75 Å². The third kappa shape index (κ3) is 3.26. The van der Waals surface area contributed by atoms with Gasteiger partial charge in [-0.25, -0.2) is 0 Å². The van der Waals surface area contributed by atoms with Crippen molar-refractivity contribution < 1.29 is 18.7 Å². The van der Waals surface area contributed by atoms with E-state index in [2.05, 4.69) is 5.32 Å². The molecule has 0 bridgehead atoms. The van der Waals surface area contributed by atoms with Crippen LogP contribution in [0.4, 0.5) is 5.69 Å². The normalized spacial score (nSPS) is 21.6. The lowest BCUT2D eigenvalue weighted by Gasteiger charge is -2.44. The van der Waals surface area contributed by atoms with Crippen LogP contribution in [-0.2, 0) is 11.3 Å². The lowest BCUT2D eigenvalue weighted by atomic mass is 9.91. The van der Waals surface area contributed by atoms with Crippen LogP contribution in [0.15, 0.2) is 41.0 Å². The highest BCUT2D eigenvalue weighted by molar-refractivity contribution is 6.32. The lowest BCUT2D eigenvalue weighted by molar-refractivity contribution is -0.127. The molecule has 5 rings (SSSR count). The van der Waals surface area contributed by atoms with Gasteiger partial charge in [-0.15, -0.1) is 0 Å². The minimum Gasteiger partial charge on any atom is -0.495 e. The summed E-state index contributed by atoms with van der Waals surface area (Å²) >= 11 is 6.39. The molecule has 2 amide bonds. The number of fused-ring (bicyclic) bond motifs is 3. The van der Waals surface area contributed by atoms with E-state index in [1.165, 1.54) is 13.5 Å². The molecule has 1 aliphatic carbocycles. The number of hydrogen-bond donors (Lipinski definition) is 1. The molecule has 0 radical (unpaired) electrons. The van der Waals surface area contributed by atoms with E-state index in [9.17, 15) is 9.59 Å². The Kier molecular flexibility index (Phi) is 5.16. The topological polar surface area (TPSA) is 76.7 Å². The Bertz CT molecular complexity index is 1190. The maximum Gasteiger partial charge on any atom is 0.276 e. The summed E-state index contributed by atoms with van der Waals surface area (Å²) in [6.07, 6.45) is 6.93. The summed E-state index contributed by atoms with van der Waals surface area (Å²) in [4.78, 5) is 29.1. The van der Waals surface area contributed by atoms with Crippen LogP contribution in [0.1, 0.15) is 49.5 Å². The number of ether oxygens (including phenoxy) is 1. The van der Waals surface area contributed by atoms with Crippen molar-refractivity contribution in [2.75, 3.05) is 12.0 Å². The molecule has 2 aromatic heterocycles. The van der Waals surface area contributed by atoms with E-state index < -0.39 is 5.54 Å². The van der Waals surface area contributed by atoms with E-state index in [4.69, 9.17) is 20.8 Å². The van der Waals surface area contributed by atoms with E-state index in [0.717, 1.165) is 31.2 Å². The van der Waals surface area contributed by atoms with Crippen LogP contribution < -0.4 is 15.0 Å². The summed E-state index contributed by atoms with van der Waals surface area (Å²) in [6.45, 7) is 2.12. The van der Waals surface area contributed by atoms with Crippen molar-refractivity contribution >= 4 is 40.2 Å². The van der Waals surface area contributed by atoms with Crippen molar-refractivity contribution in [3.63, 3.8) is 0 Å². The molecule has 3 aromatic rings. The average Bonchev–Trinajstić information content (AvgIpc) is 3.37. The quantitative estimate of drug-likeness (QED) is 0.615. The summed E-state index contributed by atoms with van der Waals surface area (Å²) in [5.74, 6) is 0.0694. The first-order valence-corrected chi connectivity index (χ1v) is 11.4. The summed E-state index contributed by atoms with van der Waals surface area (Å²) < 4.78 is 12.7. The van der Waals surface area contributed by atoms with Crippen LogP contribution in [0.2, 0.25) is 5.02 Å². The average molecular weight is 456 g/mol. The Morgan fingerprint density at radius 2 is 2.00 bits per heavy atom. The van der Waals surface area contributed by atoms with E-state index in [1.807, 2.05) is 17.6 Å². The zero-order valence-electron chi connectivity index (χ0n) is 18.2. The van der Waals surface area contributed by atoms with Gasteiger partial charge in [-0.2, -0.15) is 0 Å². The van der Waals surface area contributed by atoms with Crippen LogP contribution in [0.25, 0.3) is 11.1 Å². The van der Waals surface area contributed by atoms with Crippen LogP contribution in [0.3, 0.4) is 0 Å². The Labute approximate surface area is 191 Å². The second-order valence-electron chi connectivity index (χ2n) is 8.83. The van der Waals surface area contributed by atoms with Gasteiger partial charge in [-0.3, -0.25) is 14.5 Å². The van der Waals surface area contributed by atoms with Gasteiger partial charge in [0.15, 0.2) is 5.58 Å². The number of aromatic nitrogens is 1. The fraction of sp³-hybridized carbons (Fsp3) is 0.417. The number of furan rings is 1. The first kappa shape index (κ1) is 20.9. The number of nitrogens with zero attached hydrogens (tertiary/aromatic N) is 2. The number of carbonyl (C=O) groups is 2. The van der Waals surface area contributed by atoms with Crippen LogP contribution in [0.5, 0.6) is 5.75 Å². The van der Waals surface area contributed by atoms with E-state index >= 15 is 0 Å². The van der Waals surface area contributed by atoms with Crippen LogP contribution in [-0.4, -0.2) is 35.1 Å². The number of halogens is 1. The molecule has 1 unspecified atom stereocenters. The smallest absolute Gasteiger partial charge is 0.276 e. The summed E-state index contributed by atoms with van der Waals surface area (Å²) in [6, 6.07) is 8.83. The molecular formula is C24H26ClN3O4. The number of methoxy groups -OCH3 is 1. The molecule has 1 atom stereocenters. The van der Waals surface area contributed by atoms with Gasteiger partial charge in [-0.1, -0.05) is 30.9 Å². The van der Waals surface area contributed by atoms with Gasteiger partial charge in [-0.05, 0) is 38.0 Å². The first-order chi connectivity index (χ1) is 15.4. The number of carbonyl (C=O) groups excluding carboxylic acids is 2. The minimum atomic E-state index is -1.15. The van der Waals surface area contributed by atoms with Crippen molar-refractivity contribution in [2.24, 2.45) is 0 Å². The monoisotopic (exact) mass is 455 g/mol. The molecular weight excluding hydrogens is 430 g/mol. The fourth-order valence-electron chi connectivity index (χ4n) is 5.00. The Balaban J connectivity index is 1.60. The maximum atomic E-state index is 13.8. The van der Waals surface area contributed by atoms with Gasteiger partial charge in [0.25, 0.3) is 5.91 Å². The fourth-order valence-corrected chi connectivity index (χ4v) is 5.25. The summed E-state index contributed by atoms with van der Waals surface area (Å²) in [5, 5.41) is 3.60. The third-order valence-corrected chi connectivity index (χ3v) is 7.02. The Morgan fingerprint density at radius 1 is 1.22 bits per heavy atom. The number of nitrogens with one attached hydrogen (secondary N) is 1. The maximum absolute atomic E-state index is 13.8. The molecule has 1 aromatic carbocycles. The predicted molar refractivity (Wildman–Crippen MR) is 122 cm³/mol. The number of anilines is 1. The Hall–Kier alpha value is -2.93. The van der Waals surface area contributed by atoms with Gasteiger partial charge < -0.3 is 19.0 Å². The summed E-state index contributed by atoms with van der Waals surface area (Å²) in [5.41, 5.74) is 1.30. The highest BCUT2D eigenvalue weighted by Gasteiger charge is 2.49. The third-order valence-electron chi connectivity index (χ3n) is 6.73. The van der Waals surface area contributed by atoms with Gasteiger partial charge in [0.2, 0.25) is 5.91 Å². The molecule has 1 aliphatic heterocycles. The standard InChI is InChI=1S/C24H26ClN3O4/c1-24(23(30)26-15-6-4-3-5-7-15)14-27-18-10-11-32-21(18)13-19(27)22(29)28(24)16-8-9-20(31-2)17(25)12-16/h8-13,15H,3-7,14H2,1-2H3,(H,26,30). The number of benzene rings is 1. The largest absolute Gasteiger partial charge is 0.495 e. The van der Waals surface area contributed by atoms with Crippen molar-refractivity contribution in [3.05, 3.63) is 47.3 Å². The van der Waals surface area contributed by atoms with Crippen molar-refractivity contribution in [2.45, 2.75) is 57.2 Å². The van der Waals surface area contributed by atoms with E-state index in [1.54, 1.807) is 35.4 Å². The van der Waals surface area contributed by atoms with Gasteiger partial charge in [0, 0.05) is 23.9 Å². The molecule has 32 heavy (non-hydrogen) atoms. The second-order valence-corrected chi connectivity index (χ2v) is 9.23. The zero-order valence-corrected chi connectivity index (χ0v) is 18.9. The Morgan fingerprint density at radius 3 is 2.72 bits per heavy atom. The van der Waals surface area contributed by atoms with E-state index in [0.29, 0.717) is 34.3 Å². The number of rotatable bonds is 4. The second kappa shape index (κ2) is 7.89. The van der Waals surface area contributed by atoms with Crippen molar-refractivity contribution in [1.29, 1.82) is 0 Å². The highest BCUT2D eigenvalue weighted by Crippen LogP contribution is 2.39. The molecule has 0 saturated heterocycles. The molecule has 3 heterocycles. The van der Waals surface area contributed by atoms with Crippen LogP contribution >= 0.6 is 11.6 Å². The molecule has 0 spiro atoms. The SMILES string of the molecule is COc1ccc(N2C(=O)c3cc4occc4n3CC2(C)C(=O)NC2CCCCC2)cc1Cl. The molecule has 8 heteroatoms. The van der Waals surface area contributed by atoms with Crippen LogP contribution in [0, 0.1) is 0 Å². The zero-order chi connectivity index (χ0) is 22.5. The van der Waals surface area contributed by atoms with E-state index in [-0.39, 0.29) is 17.9 Å². The molecule has 1 N–H and O–H groups in total. The first-order valence-electron chi connectivity index (χ1n) is 11.0. The van der Waals surface area contributed by atoms with Crippen molar-refractivity contribution in [1.82, 2.24) is 9.88 Å². The highest BCUT2D eigenvalue weighted by atomic mass is 35.5. The predicted octanol–water partition coefficient (Wildman–Crippen LogP) is 4.76. The van der Waals surface area contributed by atoms with Gasteiger partial charge in [0.05, 0.1) is 30.5 Å². The molecule has 168 valence electrons. The molecule has 1 fully saturated rings. The van der Waals surface area contributed by atoms with Gasteiger partial charge >= 0.3 is 0 Å². The molecule has 7 nitrogen and oxygen atoms in total. The number of hydrogen-bond acceptors (Lipinski definition) is 4.